The third-order valence-electron chi connectivity index (χ3n) is 2.96. The molecule has 2 aromatic carbocycles. The van der Waals surface area contributed by atoms with Crippen LogP contribution in [-0.2, 0) is 0 Å². The predicted octanol–water partition coefficient (Wildman–Crippen LogP) is 5.25. The summed E-state index contributed by atoms with van der Waals surface area (Å²) in [4.78, 5) is 0. The number of ether oxygens (including phenoxy) is 1. The zero-order chi connectivity index (χ0) is 14.5. The molecule has 1 unspecified atom stereocenters. The molecule has 2 aromatic rings. The smallest absolute Gasteiger partial charge is 0.119 e. The van der Waals surface area contributed by atoms with E-state index in [0.29, 0.717) is 0 Å². The minimum Gasteiger partial charge on any atom is -0.491 e. The molecule has 3 heteroatoms. The molecule has 0 fully saturated rings. The SMILES string of the molecule is CC(C)Oc1ccc(C(C)Nc2cccc(I)c2)cc1. The van der Waals surface area contributed by atoms with Crippen LogP contribution < -0.4 is 10.1 Å². The Morgan fingerprint density at radius 2 is 1.70 bits per heavy atom. The number of halogens is 1. The van der Waals surface area contributed by atoms with Gasteiger partial charge in [-0.15, -0.1) is 0 Å². The Kier molecular flexibility index (Phi) is 5.29. The Labute approximate surface area is 134 Å². The zero-order valence-electron chi connectivity index (χ0n) is 12.1. The van der Waals surface area contributed by atoms with Crippen LogP contribution in [0, 0.1) is 3.57 Å². The van der Waals surface area contributed by atoms with Crippen molar-refractivity contribution >= 4 is 28.3 Å². The van der Waals surface area contributed by atoms with Crippen LogP contribution in [0.2, 0.25) is 0 Å². The molecule has 0 bridgehead atoms. The lowest BCUT2D eigenvalue weighted by Gasteiger charge is -2.17. The maximum absolute atomic E-state index is 5.66. The van der Waals surface area contributed by atoms with Crippen molar-refractivity contribution in [1.82, 2.24) is 0 Å². The maximum Gasteiger partial charge on any atom is 0.119 e. The van der Waals surface area contributed by atoms with Crippen LogP contribution in [0.1, 0.15) is 32.4 Å². The van der Waals surface area contributed by atoms with Gasteiger partial charge in [-0.1, -0.05) is 18.2 Å². The minimum absolute atomic E-state index is 0.211. The summed E-state index contributed by atoms with van der Waals surface area (Å²) in [6.07, 6.45) is 0.211. The molecule has 0 saturated heterocycles. The molecule has 106 valence electrons. The average Bonchev–Trinajstić information content (AvgIpc) is 2.38. The molecule has 2 nitrogen and oxygen atoms in total. The lowest BCUT2D eigenvalue weighted by Crippen LogP contribution is -2.08. The van der Waals surface area contributed by atoms with Gasteiger partial charge in [-0.2, -0.15) is 0 Å². The van der Waals surface area contributed by atoms with Crippen molar-refractivity contribution in [2.75, 3.05) is 5.32 Å². The first-order valence-corrected chi connectivity index (χ1v) is 7.91. The van der Waals surface area contributed by atoms with Gasteiger partial charge in [0.05, 0.1) is 6.10 Å². The van der Waals surface area contributed by atoms with Gasteiger partial charge in [0.15, 0.2) is 0 Å². The highest BCUT2D eigenvalue weighted by Crippen LogP contribution is 2.23. The van der Waals surface area contributed by atoms with E-state index in [4.69, 9.17) is 4.74 Å². The standard InChI is InChI=1S/C17H20INO/c1-12(2)20-17-9-7-14(8-10-17)13(3)19-16-6-4-5-15(18)11-16/h4-13,19H,1-3H3. The molecular weight excluding hydrogens is 361 g/mol. The second kappa shape index (κ2) is 6.97. The Hall–Kier alpha value is -1.23. The summed E-state index contributed by atoms with van der Waals surface area (Å²) in [6.45, 7) is 6.24. The number of nitrogens with one attached hydrogen (secondary N) is 1. The largest absolute Gasteiger partial charge is 0.491 e. The summed E-state index contributed by atoms with van der Waals surface area (Å²) in [5, 5.41) is 3.51. The van der Waals surface area contributed by atoms with Crippen molar-refractivity contribution in [3.8, 4) is 5.75 Å². The summed E-state index contributed by atoms with van der Waals surface area (Å²) >= 11 is 2.33. The lowest BCUT2D eigenvalue weighted by molar-refractivity contribution is 0.242. The quantitative estimate of drug-likeness (QED) is 0.715. The number of hydrogen-bond donors (Lipinski definition) is 1. The van der Waals surface area contributed by atoms with Crippen LogP contribution in [0.4, 0.5) is 5.69 Å². The van der Waals surface area contributed by atoms with E-state index < -0.39 is 0 Å². The van der Waals surface area contributed by atoms with Gasteiger partial charge in [0.1, 0.15) is 5.75 Å². The van der Waals surface area contributed by atoms with E-state index in [0.717, 1.165) is 11.4 Å². The molecule has 0 saturated carbocycles. The van der Waals surface area contributed by atoms with Crippen molar-refractivity contribution in [2.45, 2.75) is 32.9 Å². The third kappa shape index (κ3) is 4.40. The van der Waals surface area contributed by atoms with Gasteiger partial charge in [0, 0.05) is 15.3 Å². The van der Waals surface area contributed by atoms with Crippen LogP contribution in [0.25, 0.3) is 0 Å². The van der Waals surface area contributed by atoms with Crippen LogP contribution in [-0.4, -0.2) is 6.10 Å². The first kappa shape index (κ1) is 15.2. The molecule has 0 aromatic heterocycles. The second-order valence-electron chi connectivity index (χ2n) is 5.11. The second-order valence-corrected chi connectivity index (χ2v) is 6.36. The monoisotopic (exact) mass is 381 g/mol. The van der Waals surface area contributed by atoms with Crippen LogP contribution in [0.5, 0.6) is 5.75 Å². The van der Waals surface area contributed by atoms with Gasteiger partial charge >= 0.3 is 0 Å². The molecule has 1 N–H and O–H groups in total. The van der Waals surface area contributed by atoms with Gasteiger partial charge in [-0.3, -0.25) is 0 Å². The van der Waals surface area contributed by atoms with Gasteiger partial charge in [-0.25, -0.2) is 0 Å². The fourth-order valence-electron chi connectivity index (χ4n) is 2.02. The molecule has 2 rings (SSSR count). The Morgan fingerprint density at radius 1 is 1.00 bits per heavy atom. The summed E-state index contributed by atoms with van der Waals surface area (Å²) in [5.41, 5.74) is 2.40. The van der Waals surface area contributed by atoms with Crippen molar-refractivity contribution in [3.63, 3.8) is 0 Å². The van der Waals surface area contributed by atoms with E-state index in [1.165, 1.54) is 9.13 Å². The first-order valence-electron chi connectivity index (χ1n) is 6.83. The minimum atomic E-state index is 0.211. The predicted molar refractivity (Wildman–Crippen MR) is 93.4 cm³/mol. The van der Waals surface area contributed by atoms with Gasteiger partial charge in [0.25, 0.3) is 0 Å². The summed E-state index contributed by atoms with van der Waals surface area (Å²) in [6, 6.07) is 16.9. The number of benzene rings is 2. The van der Waals surface area contributed by atoms with E-state index in [2.05, 4.69) is 71.2 Å². The average molecular weight is 381 g/mol. The molecule has 0 aliphatic carbocycles. The Bertz CT molecular complexity index is 551. The topological polar surface area (TPSA) is 21.3 Å². The zero-order valence-corrected chi connectivity index (χ0v) is 14.2. The molecule has 0 aliphatic rings. The maximum atomic E-state index is 5.66. The molecule has 0 radical (unpaired) electrons. The van der Waals surface area contributed by atoms with Gasteiger partial charge in [-0.05, 0) is 79.3 Å². The van der Waals surface area contributed by atoms with Crippen LogP contribution in [0.15, 0.2) is 48.5 Å². The highest BCUT2D eigenvalue weighted by Gasteiger charge is 2.06. The Balaban J connectivity index is 2.03. The molecular formula is C17H20INO. The van der Waals surface area contributed by atoms with Gasteiger partial charge < -0.3 is 10.1 Å². The normalized spacial score (nSPS) is 12.2. The van der Waals surface area contributed by atoms with E-state index in [-0.39, 0.29) is 12.1 Å². The highest BCUT2D eigenvalue weighted by atomic mass is 127. The summed E-state index contributed by atoms with van der Waals surface area (Å²) < 4.78 is 6.90. The van der Waals surface area contributed by atoms with Crippen molar-refractivity contribution in [2.24, 2.45) is 0 Å². The molecule has 0 aliphatic heterocycles. The highest BCUT2D eigenvalue weighted by molar-refractivity contribution is 14.1. The Morgan fingerprint density at radius 3 is 2.30 bits per heavy atom. The molecule has 0 spiro atoms. The molecule has 0 heterocycles. The van der Waals surface area contributed by atoms with Crippen LogP contribution >= 0.6 is 22.6 Å². The van der Waals surface area contributed by atoms with E-state index in [1.54, 1.807) is 0 Å². The van der Waals surface area contributed by atoms with E-state index >= 15 is 0 Å². The number of hydrogen-bond acceptors (Lipinski definition) is 2. The van der Waals surface area contributed by atoms with Crippen molar-refractivity contribution < 1.29 is 4.74 Å². The fraction of sp³-hybridized carbons (Fsp3) is 0.294. The first-order chi connectivity index (χ1) is 9.54. The van der Waals surface area contributed by atoms with Gasteiger partial charge in [0.2, 0.25) is 0 Å². The summed E-state index contributed by atoms with van der Waals surface area (Å²) in [5.74, 6) is 0.921. The molecule has 1 atom stereocenters. The van der Waals surface area contributed by atoms with Crippen molar-refractivity contribution in [1.29, 1.82) is 0 Å². The molecule has 0 amide bonds. The lowest BCUT2D eigenvalue weighted by atomic mass is 10.1. The third-order valence-corrected chi connectivity index (χ3v) is 3.63. The summed E-state index contributed by atoms with van der Waals surface area (Å²) in [7, 11) is 0. The number of rotatable bonds is 5. The molecule has 20 heavy (non-hydrogen) atoms. The number of anilines is 1. The van der Waals surface area contributed by atoms with Crippen LogP contribution in [0.3, 0.4) is 0 Å². The van der Waals surface area contributed by atoms with E-state index in [1.807, 2.05) is 26.0 Å². The fourth-order valence-corrected chi connectivity index (χ4v) is 2.56. The van der Waals surface area contributed by atoms with E-state index in [9.17, 15) is 0 Å². The van der Waals surface area contributed by atoms with Crippen molar-refractivity contribution in [3.05, 3.63) is 57.7 Å².